The summed E-state index contributed by atoms with van der Waals surface area (Å²) in [5, 5.41) is 2.52. The summed E-state index contributed by atoms with van der Waals surface area (Å²) in [4.78, 5) is 41.6. The summed E-state index contributed by atoms with van der Waals surface area (Å²) in [6.45, 7) is 11.5. The molecule has 2 amide bonds. The Morgan fingerprint density at radius 2 is 1.47 bits per heavy atom. The molecule has 1 unspecified atom stereocenters. The lowest BCUT2D eigenvalue weighted by molar-refractivity contribution is -0.156. The molecular weight excluding hydrogens is 481 g/mol. The van der Waals surface area contributed by atoms with Gasteiger partial charge in [0.15, 0.2) is 0 Å². The third kappa shape index (κ3) is 10.8. The van der Waals surface area contributed by atoms with Crippen molar-refractivity contribution >= 4 is 52.5 Å². The van der Waals surface area contributed by atoms with Gasteiger partial charge in [-0.2, -0.15) is 0 Å². The van der Waals surface area contributed by atoms with Crippen LogP contribution in [0.2, 0.25) is 0 Å². The van der Waals surface area contributed by atoms with Gasteiger partial charge in [-0.1, -0.05) is 6.07 Å². The number of nitrogens with zero attached hydrogens (tertiary/aromatic N) is 2. The van der Waals surface area contributed by atoms with E-state index in [1.54, 1.807) is 54.7 Å². The molecule has 0 fully saturated rings. The number of hydrogen-bond donors (Lipinski definition) is 1. The van der Waals surface area contributed by atoms with Crippen molar-refractivity contribution in [1.82, 2.24) is 5.32 Å². The third-order valence-electron chi connectivity index (χ3n) is 4.40. The van der Waals surface area contributed by atoms with Gasteiger partial charge in [0, 0.05) is 43.3 Å². The number of rotatable bonds is 10. The monoisotopic (exact) mass is 517 g/mol. The lowest BCUT2D eigenvalue weighted by Crippen LogP contribution is -2.50. The molecule has 0 radical (unpaired) electrons. The number of alkyl carbamates (subject to hydrolysis) is 1. The molecule has 0 aliphatic carbocycles. The molecule has 0 aromatic heterocycles. The molecule has 0 aliphatic heterocycles. The zero-order chi connectivity index (χ0) is 26.1. The molecule has 1 N–H and O–H groups in total. The van der Waals surface area contributed by atoms with Crippen LogP contribution < -0.4 is 15.1 Å². The highest BCUT2D eigenvalue weighted by Crippen LogP contribution is 2.23. The van der Waals surface area contributed by atoms with Crippen molar-refractivity contribution < 1.29 is 23.9 Å². The van der Waals surface area contributed by atoms with E-state index in [9.17, 15) is 14.4 Å². The molecule has 1 aromatic rings. The molecular formula is C24H37Cl2N3O5. The highest BCUT2D eigenvalue weighted by Gasteiger charge is 2.31. The number of alkyl halides is 2. The second-order valence-corrected chi connectivity index (χ2v) is 10.5. The molecule has 0 spiro atoms. The SMILES string of the molecule is CN(C(=O)C(CC(=O)OC(C)(C)C)NC(=O)OC(C)(C)C)c1cccc(N(CCCl)CCCl)c1. The minimum Gasteiger partial charge on any atom is -0.460 e. The summed E-state index contributed by atoms with van der Waals surface area (Å²) in [7, 11) is 1.58. The summed E-state index contributed by atoms with van der Waals surface area (Å²) in [6, 6.07) is 6.13. The molecule has 0 saturated carbocycles. The van der Waals surface area contributed by atoms with E-state index < -0.39 is 35.2 Å². The fourth-order valence-electron chi connectivity index (χ4n) is 3.03. The Hall–Kier alpha value is -2.19. The maximum atomic E-state index is 13.4. The number of amides is 2. The number of likely N-dealkylation sites (N-methyl/N-ethyl adjacent to an activating group) is 1. The van der Waals surface area contributed by atoms with E-state index >= 15 is 0 Å². The molecule has 8 nitrogen and oxygen atoms in total. The lowest BCUT2D eigenvalue weighted by Gasteiger charge is -2.28. The number of nitrogens with one attached hydrogen (secondary N) is 1. The first-order chi connectivity index (χ1) is 15.7. The van der Waals surface area contributed by atoms with Crippen molar-refractivity contribution in [3.05, 3.63) is 24.3 Å². The molecule has 0 heterocycles. The number of carbonyl (C=O) groups is 3. The first-order valence-corrected chi connectivity index (χ1v) is 12.2. The second-order valence-electron chi connectivity index (χ2n) is 9.77. The van der Waals surface area contributed by atoms with E-state index in [4.69, 9.17) is 32.7 Å². The van der Waals surface area contributed by atoms with Gasteiger partial charge in [-0.05, 0) is 59.7 Å². The smallest absolute Gasteiger partial charge is 0.408 e. The Morgan fingerprint density at radius 3 is 1.97 bits per heavy atom. The van der Waals surface area contributed by atoms with Crippen molar-refractivity contribution in [3.63, 3.8) is 0 Å². The normalized spacial score (nSPS) is 12.5. The number of anilines is 2. The van der Waals surface area contributed by atoms with E-state index in [2.05, 4.69) is 5.32 Å². The summed E-state index contributed by atoms with van der Waals surface area (Å²) in [5.74, 6) is -0.254. The number of esters is 1. The lowest BCUT2D eigenvalue weighted by atomic mass is 10.1. The van der Waals surface area contributed by atoms with Crippen LogP contribution in [-0.2, 0) is 19.1 Å². The van der Waals surface area contributed by atoms with Crippen LogP contribution in [0.1, 0.15) is 48.0 Å². The fourth-order valence-corrected chi connectivity index (χ4v) is 3.44. The van der Waals surface area contributed by atoms with Crippen LogP contribution in [0.3, 0.4) is 0 Å². The maximum Gasteiger partial charge on any atom is 0.408 e. The molecule has 10 heteroatoms. The van der Waals surface area contributed by atoms with Crippen LogP contribution in [0, 0.1) is 0 Å². The van der Waals surface area contributed by atoms with Crippen LogP contribution >= 0.6 is 23.2 Å². The van der Waals surface area contributed by atoms with Crippen molar-refractivity contribution in [2.75, 3.05) is 41.7 Å². The van der Waals surface area contributed by atoms with Crippen molar-refractivity contribution in [2.45, 2.75) is 65.2 Å². The minimum absolute atomic E-state index is 0.343. The first-order valence-electron chi connectivity index (χ1n) is 11.1. The molecule has 1 atom stereocenters. The Balaban J connectivity index is 3.16. The van der Waals surface area contributed by atoms with Crippen molar-refractivity contribution in [1.29, 1.82) is 0 Å². The predicted octanol–water partition coefficient (Wildman–Crippen LogP) is 4.56. The second kappa shape index (κ2) is 13.0. The van der Waals surface area contributed by atoms with Crippen LogP contribution in [0.5, 0.6) is 0 Å². The number of carbonyl (C=O) groups excluding carboxylic acids is 3. The number of halogens is 2. The molecule has 1 aromatic carbocycles. The van der Waals surface area contributed by atoms with Gasteiger partial charge in [0.05, 0.1) is 6.42 Å². The van der Waals surface area contributed by atoms with Gasteiger partial charge in [-0.25, -0.2) is 4.79 Å². The summed E-state index contributed by atoms with van der Waals surface area (Å²) < 4.78 is 10.6. The van der Waals surface area contributed by atoms with Gasteiger partial charge in [-0.3, -0.25) is 9.59 Å². The maximum absolute atomic E-state index is 13.4. The number of hydrogen-bond acceptors (Lipinski definition) is 6. The van der Waals surface area contributed by atoms with Gasteiger partial charge >= 0.3 is 12.1 Å². The summed E-state index contributed by atoms with van der Waals surface area (Å²) in [5.41, 5.74) is -0.0671. The highest BCUT2D eigenvalue weighted by molar-refractivity contribution is 6.18. The number of ether oxygens (including phenoxy) is 2. The molecule has 1 rings (SSSR count). The van der Waals surface area contributed by atoms with Gasteiger partial charge < -0.3 is 24.6 Å². The minimum atomic E-state index is -1.18. The van der Waals surface area contributed by atoms with Crippen molar-refractivity contribution in [2.24, 2.45) is 0 Å². The molecule has 0 aliphatic rings. The van der Waals surface area contributed by atoms with Crippen LogP contribution in [0.25, 0.3) is 0 Å². The first kappa shape index (κ1) is 29.8. The van der Waals surface area contributed by atoms with Gasteiger partial charge in [0.1, 0.15) is 17.2 Å². The van der Waals surface area contributed by atoms with E-state index in [0.717, 1.165) is 5.69 Å². The van der Waals surface area contributed by atoms with E-state index in [-0.39, 0.29) is 6.42 Å². The Kier molecular flexibility index (Phi) is 11.5. The van der Waals surface area contributed by atoms with Crippen molar-refractivity contribution in [3.8, 4) is 0 Å². The van der Waals surface area contributed by atoms with E-state index in [1.807, 2.05) is 23.1 Å². The number of benzene rings is 1. The largest absolute Gasteiger partial charge is 0.460 e. The highest BCUT2D eigenvalue weighted by atomic mass is 35.5. The predicted molar refractivity (Wildman–Crippen MR) is 137 cm³/mol. The quantitative estimate of drug-likeness (QED) is 0.361. The Morgan fingerprint density at radius 1 is 0.941 bits per heavy atom. The molecule has 34 heavy (non-hydrogen) atoms. The zero-order valence-corrected chi connectivity index (χ0v) is 22.6. The van der Waals surface area contributed by atoms with Crippen LogP contribution in [0.4, 0.5) is 16.2 Å². The molecule has 192 valence electrons. The molecule has 0 saturated heterocycles. The zero-order valence-electron chi connectivity index (χ0n) is 21.1. The summed E-state index contributed by atoms with van der Waals surface area (Å²) in [6.07, 6.45) is -1.14. The average Bonchev–Trinajstić information content (AvgIpc) is 2.69. The standard InChI is InChI=1S/C24H37Cl2N3O5/c1-23(2,3)33-20(30)16-19(27-22(32)34-24(4,5)6)21(31)28(7)17-9-8-10-18(15-17)29(13-11-25)14-12-26/h8-10,15,19H,11-14,16H2,1-7H3,(H,27,32). The van der Waals surface area contributed by atoms with Gasteiger partial charge in [0.25, 0.3) is 0 Å². The van der Waals surface area contributed by atoms with Gasteiger partial charge in [-0.15, -0.1) is 23.2 Å². The fraction of sp³-hybridized carbons (Fsp3) is 0.625. The summed E-state index contributed by atoms with van der Waals surface area (Å²) >= 11 is 11.8. The average molecular weight is 518 g/mol. The third-order valence-corrected chi connectivity index (χ3v) is 4.74. The van der Waals surface area contributed by atoms with Crippen LogP contribution in [0.15, 0.2) is 24.3 Å². The van der Waals surface area contributed by atoms with Gasteiger partial charge in [0.2, 0.25) is 5.91 Å². The molecule has 0 bridgehead atoms. The van der Waals surface area contributed by atoms with Crippen LogP contribution in [-0.4, -0.2) is 67.1 Å². The Labute approximate surface area is 212 Å². The van der Waals surface area contributed by atoms with E-state index in [0.29, 0.717) is 30.5 Å². The topological polar surface area (TPSA) is 88.2 Å². The van der Waals surface area contributed by atoms with E-state index in [1.165, 1.54) is 4.90 Å². The Bertz CT molecular complexity index is 801.